The fourth-order valence-electron chi connectivity index (χ4n) is 1.94. The van der Waals surface area contributed by atoms with Gasteiger partial charge in [0.25, 0.3) is 5.91 Å². The summed E-state index contributed by atoms with van der Waals surface area (Å²) >= 11 is 0. The van der Waals surface area contributed by atoms with Crippen LogP contribution in [0.5, 0.6) is 0 Å². The topological polar surface area (TPSA) is 95.5 Å². The van der Waals surface area contributed by atoms with E-state index in [-0.39, 0.29) is 5.91 Å². The predicted octanol–water partition coefficient (Wildman–Crippen LogP) is 0.774. The lowest BCUT2D eigenvalue weighted by atomic mass is 10.1. The Morgan fingerprint density at radius 2 is 2.21 bits per heavy atom. The number of benzene rings is 1. The number of fused-ring (bicyclic) bond motifs is 1. The summed E-state index contributed by atoms with van der Waals surface area (Å²) in [4.78, 5) is 34.0. The quantitative estimate of drug-likeness (QED) is 0.747. The molecular weight excluding hydrogens is 248 g/mol. The lowest BCUT2D eigenvalue weighted by Gasteiger charge is -2.12. The molecule has 0 spiro atoms. The van der Waals surface area contributed by atoms with E-state index in [1.165, 1.54) is 0 Å². The molecule has 0 bridgehead atoms. The van der Waals surface area contributed by atoms with Crippen molar-refractivity contribution in [3.63, 3.8) is 0 Å². The summed E-state index contributed by atoms with van der Waals surface area (Å²) < 4.78 is 0. The standard InChI is InChI=1S/C13H14N2O4/c1-2-9(13(18)19)15-12(17)8-4-3-7-6-11(16)14-10(7)5-8/h3-5,9H,2,6H2,1H3,(H,14,16)(H,15,17)(H,18,19)/t9-/m1/s1. The molecule has 2 rings (SSSR count). The van der Waals surface area contributed by atoms with E-state index in [2.05, 4.69) is 10.6 Å². The van der Waals surface area contributed by atoms with Crippen molar-refractivity contribution in [2.24, 2.45) is 0 Å². The van der Waals surface area contributed by atoms with E-state index in [0.29, 0.717) is 24.1 Å². The van der Waals surface area contributed by atoms with E-state index < -0.39 is 17.9 Å². The van der Waals surface area contributed by atoms with E-state index in [1.807, 2.05) is 0 Å². The Labute approximate surface area is 109 Å². The van der Waals surface area contributed by atoms with Crippen LogP contribution < -0.4 is 10.6 Å². The van der Waals surface area contributed by atoms with Crippen LogP contribution in [0.2, 0.25) is 0 Å². The van der Waals surface area contributed by atoms with Crippen molar-refractivity contribution < 1.29 is 19.5 Å². The maximum absolute atomic E-state index is 11.9. The zero-order chi connectivity index (χ0) is 14.0. The van der Waals surface area contributed by atoms with Crippen LogP contribution in [0.25, 0.3) is 0 Å². The number of anilines is 1. The van der Waals surface area contributed by atoms with Gasteiger partial charge in [0.05, 0.1) is 6.42 Å². The third-order valence-electron chi connectivity index (χ3n) is 3.01. The first-order valence-corrected chi connectivity index (χ1v) is 5.97. The lowest BCUT2D eigenvalue weighted by Crippen LogP contribution is -2.40. The number of rotatable bonds is 4. The van der Waals surface area contributed by atoms with Gasteiger partial charge in [-0.25, -0.2) is 4.79 Å². The normalized spacial score (nSPS) is 14.5. The van der Waals surface area contributed by atoms with Crippen molar-refractivity contribution >= 4 is 23.5 Å². The van der Waals surface area contributed by atoms with Crippen LogP contribution in [-0.2, 0) is 16.0 Å². The van der Waals surface area contributed by atoms with Gasteiger partial charge in [-0.3, -0.25) is 9.59 Å². The highest BCUT2D eigenvalue weighted by atomic mass is 16.4. The minimum Gasteiger partial charge on any atom is -0.480 e. The zero-order valence-electron chi connectivity index (χ0n) is 10.4. The van der Waals surface area contributed by atoms with Gasteiger partial charge in [0.15, 0.2) is 0 Å². The molecule has 1 aliphatic heterocycles. The van der Waals surface area contributed by atoms with Gasteiger partial charge < -0.3 is 15.7 Å². The first-order valence-electron chi connectivity index (χ1n) is 5.97. The molecule has 6 heteroatoms. The molecule has 0 aromatic heterocycles. The average Bonchev–Trinajstić information content (AvgIpc) is 2.74. The Morgan fingerprint density at radius 3 is 2.84 bits per heavy atom. The highest BCUT2D eigenvalue weighted by Crippen LogP contribution is 2.23. The minimum absolute atomic E-state index is 0.107. The monoisotopic (exact) mass is 262 g/mol. The van der Waals surface area contributed by atoms with Gasteiger partial charge in [0, 0.05) is 11.3 Å². The molecule has 0 unspecified atom stereocenters. The first kappa shape index (κ1) is 13.1. The molecule has 1 aliphatic rings. The molecule has 3 N–H and O–H groups in total. The van der Waals surface area contributed by atoms with Crippen molar-refractivity contribution in [3.8, 4) is 0 Å². The fourth-order valence-corrected chi connectivity index (χ4v) is 1.94. The molecule has 1 aromatic rings. The number of carboxylic acids is 1. The maximum Gasteiger partial charge on any atom is 0.326 e. The van der Waals surface area contributed by atoms with Gasteiger partial charge in [-0.2, -0.15) is 0 Å². The molecule has 0 radical (unpaired) electrons. The Hall–Kier alpha value is -2.37. The number of carbonyl (C=O) groups is 3. The van der Waals surface area contributed by atoms with E-state index in [1.54, 1.807) is 25.1 Å². The van der Waals surface area contributed by atoms with Crippen LogP contribution in [0, 0.1) is 0 Å². The summed E-state index contributed by atoms with van der Waals surface area (Å²) in [6, 6.07) is 3.94. The second kappa shape index (κ2) is 5.09. The van der Waals surface area contributed by atoms with Crippen LogP contribution in [0.3, 0.4) is 0 Å². The second-order valence-electron chi connectivity index (χ2n) is 4.37. The molecule has 0 saturated heterocycles. The lowest BCUT2D eigenvalue weighted by molar-refractivity contribution is -0.139. The molecule has 2 amide bonds. The van der Waals surface area contributed by atoms with Crippen LogP contribution >= 0.6 is 0 Å². The number of aliphatic carboxylic acids is 1. The SMILES string of the molecule is CC[C@@H](NC(=O)c1ccc2c(c1)NC(=O)C2)C(=O)O. The van der Waals surface area contributed by atoms with Crippen LogP contribution in [0.15, 0.2) is 18.2 Å². The molecule has 1 heterocycles. The molecule has 6 nitrogen and oxygen atoms in total. The summed E-state index contributed by atoms with van der Waals surface area (Å²) in [5.41, 5.74) is 1.79. The van der Waals surface area contributed by atoms with E-state index in [4.69, 9.17) is 5.11 Å². The van der Waals surface area contributed by atoms with E-state index in [0.717, 1.165) is 5.56 Å². The molecule has 1 atom stereocenters. The summed E-state index contributed by atoms with van der Waals surface area (Å²) in [5, 5.41) is 14.0. The summed E-state index contributed by atoms with van der Waals surface area (Å²) in [5.74, 6) is -1.63. The number of carboxylic acid groups (broad SMARTS) is 1. The van der Waals surface area contributed by atoms with Crippen molar-refractivity contribution in [1.82, 2.24) is 5.32 Å². The molecule has 1 aromatic carbocycles. The Kier molecular flexibility index (Phi) is 3.50. The van der Waals surface area contributed by atoms with Crippen molar-refractivity contribution in [2.45, 2.75) is 25.8 Å². The molecule has 0 aliphatic carbocycles. The highest BCUT2D eigenvalue weighted by molar-refractivity contribution is 6.02. The van der Waals surface area contributed by atoms with Gasteiger partial charge in [-0.05, 0) is 24.1 Å². The predicted molar refractivity (Wildman–Crippen MR) is 68.0 cm³/mol. The van der Waals surface area contributed by atoms with Gasteiger partial charge >= 0.3 is 5.97 Å². The van der Waals surface area contributed by atoms with Crippen LogP contribution in [0.1, 0.15) is 29.3 Å². The number of hydrogen-bond acceptors (Lipinski definition) is 3. The molecule has 0 fully saturated rings. The smallest absolute Gasteiger partial charge is 0.326 e. The van der Waals surface area contributed by atoms with Crippen molar-refractivity contribution in [2.75, 3.05) is 5.32 Å². The molecule has 100 valence electrons. The Bertz CT molecular complexity index is 554. The van der Waals surface area contributed by atoms with Gasteiger partial charge in [0.1, 0.15) is 6.04 Å². The van der Waals surface area contributed by atoms with E-state index in [9.17, 15) is 14.4 Å². The van der Waals surface area contributed by atoms with Crippen LogP contribution in [0.4, 0.5) is 5.69 Å². The van der Waals surface area contributed by atoms with Crippen molar-refractivity contribution in [3.05, 3.63) is 29.3 Å². The number of carbonyl (C=O) groups excluding carboxylic acids is 2. The number of amides is 2. The number of hydrogen-bond donors (Lipinski definition) is 3. The first-order chi connectivity index (χ1) is 9.01. The third-order valence-corrected chi connectivity index (χ3v) is 3.01. The maximum atomic E-state index is 11.9. The van der Waals surface area contributed by atoms with Gasteiger partial charge in [-0.15, -0.1) is 0 Å². The Morgan fingerprint density at radius 1 is 1.47 bits per heavy atom. The fraction of sp³-hybridized carbons (Fsp3) is 0.308. The number of nitrogens with one attached hydrogen (secondary N) is 2. The summed E-state index contributed by atoms with van der Waals surface area (Å²) in [6.07, 6.45) is 0.618. The van der Waals surface area contributed by atoms with Crippen LogP contribution in [-0.4, -0.2) is 28.9 Å². The minimum atomic E-state index is -1.06. The highest BCUT2D eigenvalue weighted by Gasteiger charge is 2.21. The summed E-state index contributed by atoms with van der Waals surface area (Å²) in [7, 11) is 0. The largest absolute Gasteiger partial charge is 0.480 e. The second-order valence-corrected chi connectivity index (χ2v) is 4.37. The van der Waals surface area contributed by atoms with Crippen molar-refractivity contribution in [1.29, 1.82) is 0 Å². The van der Waals surface area contributed by atoms with E-state index >= 15 is 0 Å². The van der Waals surface area contributed by atoms with Gasteiger partial charge in [0.2, 0.25) is 5.91 Å². The summed E-state index contributed by atoms with van der Waals surface area (Å²) in [6.45, 7) is 1.68. The van der Waals surface area contributed by atoms with Gasteiger partial charge in [-0.1, -0.05) is 13.0 Å². The third kappa shape index (κ3) is 2.73. The molecule has 0 saturated carbocycles. The molecular formula is C13H14N2O4. The zero-order valence-corrected chi connectivity index (χ0v) is 10.4. The average molecular weight is 262 g/mol. The Balaban J connectivity index is 2.15. The molecule has 19 heavy (non-hydrogen) atoms.